The van der Waals surface area contributed by atoms with Gasteiger partial charge in [-0.05, 0) is 11.3 Å². The molecule has 1 fully saturated rings. The quantitative estimate of drug-likeness (QED) is 0.546. The first-order valence-corrected chi connectivity index (χ1v) is 4.67. The van der Waals surface area contributed by atoms with Crippen LogP contribution in [-0.4, -0.2) is 30.6 Å². The molecule has 1 aliphatic rings. The highest BCUT2D eigenvalue weighted by atomic mass is 16.5. The maximum Gasteiger partial charge on any atom is 0.308 e. The number of ether oxygens (including phenoxy) is 1. The Morgan fingerprint density at radius 2 is 2.07 bits per heavy atom. The molecule has 1 saturated carbocycles. The molecule has 2 unspecified atom stereocenters. The normalized spacial score (nSPS) is 26.3. The fourth-order valence-corrected chi connectivity index (χ4v) is 1.69. The van der Waals surface area contributed by atoms with Gasteiger partial charge in [0.2, 0.25) is 5.78 Å². The molecule has 0 heterocycles. The summed E-state index contributed by atoms with van der Waals surface area (Å²) in [5.74, 6) is 3.26. The number of hydrogen-bond donors (Lipinski definition) is 1. The second-order valence-electron chi connectivity index (χ2n) is 4.24. The first-order chi connectivity index (χ1) is 6.91. The molecule has 0 aromatic rings. The summed E-state index contributed by atoms with van der Waals surface area (Å²) in [5, 5.41) is 8.85. The minimum Gasteiger partial charge on any atom is -0.481 e. The first kappa shape index (κ1) is 11.7. The SMILES string of the molecule is COCC(=O)C#CC1C(C(=O)O)C1(C)C. The van der Waals surface area contributed by atoms with E-state index in [1.165, 1.54) is 7.11 Å². The molecule has 0 aromatic carbocycles. The molecule has 0 amide bonds. The second kappa shape index (κ2) is 4.03. The van der Waals surface area contributed by atoms with E-state index in [-0.39, 0.29) is 23.7 Å². The molecule has 2 atom stereocenters. The van der Waals surface area contributed by atoms with Crippen molar-refractivity contribution in [1.29, 1.82) is 0 Å². The number of carboxylic acid groups (broad SMARTS) is 1. The predicted molar refractivity (Wildman–Crippen MR) is 53.1 cm³/mol. The van der Waals surface area contributed by atoms with Crippen molar-refractivity contribution in [2.24, 2.45) is 17.3 Å². The van der Waals surface area contributed by atoms with Crippen LogP contribution in [0.3, 0.4) is 0 Å². The van der Waals surface area contributed by atoms with E-state index in [1.54, 1.807) is 0 Å². The molecule has 0 bridgehead atoms. The zero-order chi connectivity index (χ0) is 11.6. The van der Waals surface area contributed by atoms with Gasteiger partial charge in [0.15, 0.2) is 0 Å². The van der Waals surface area contributed by atoms with Crippen LogP contribution in [0.25, 0.3) is 0 Å². The molecule has 0 aromatic heterocycles. The highest BCUT2D eigenvalue weighted by Crippen LogP contribution is 2.57. The fraction of sp³-hybridized carbons (Fsp3) is 0.636. The fourth-order valence-electron chi connectivity index (χ4n) is 1.69. The van der Waals surface area contributed by atoms with E-state index >= 15 is 0 Å². The average molecular weight is 210 g/mol. The topological polar surface area (TPSA) is 63.6 Å². The summed E-state index contributed by atoms with van der Waals surface area (Å²) in [6.45, 7) is 3.63. The lowest BCUT2D eigenvalue weighted by Gasteiger charge is -1.94. The van der Waals surface area contributed by atoms with E-state index in [1.807, 2.05) is 13.8 Å². The van der Waals surface area contributed by atoms with E-state index in [4.69, 9.17) is 5.11 Å². The molecular formula is C11H14O4. The van der Waals surface area contributed by atoms with Crippen LogP contribution in [0, 0.1) is 29.1 Å². The Labute approximate surface area is 88.6 Å². The summed E-state index contributed by atoms with van der Waals surface area (Å²) >= 11 is 0. The van der Waals surface area contributed by atoms with E-state index in [0.29, 0.717) is 0 Å². The van der Waals surface area contributed by atoms with Gasteiger partial charge in [-0.25, -0.2) is 0 Å². The van der Waals surface area contributed by atoms with Gasteiger partial charge in [-0.3, -0.25) is 9.59 Å². The molecule has 0 aliphatic heterocycles. The Bertz CT molecular complexity index is 345. The van der Waals surface area contributed by atoms with Crippen molar-refractivity contribution in [3.8, 4) is 11.8 Å². The summed E-state index contributed by atoms with van der Waals surface area (Å²) in [4.78, 5) is 21.8. The number of hydrogen-bond acceptors (Lipinski definition) is 3. The molecule has 0 spiro atoms. The second-order valence-corrected chi connectivity index (χ2v) is 4.24. The van der Waals surface area contributed by atoms with Gasteiger partial charge in [0.25, 0.3) is 0 Å². The van der Waals surface area contributed by atoms with Crippen LogP contribution in [0.1, 0.15) is 13.8 Å². The molecule has 1 aliphatic carbocycles. The van der Waals surface area contributed by atoms with Crippen molar-refractivity contribution < 1.29 is 19.4 Å². The summed E-state index contributed by atoms with van der Waals surface area (Å²) in [6.07, 6.45) is 0. The highest BCUT2D eigenvalue weighted by molar-refractivity contribution is 5.96. The molecule has 4 nitrogen and oxygen atoms in total. The van der Waals surface area contributed by atoms with Crippen LogP contribution >= 0.6 is 0 Å². The number of carbonyl (C=O) groups is 2. The number of Topliss-reactive ketones (excluding diaryl/α,β-unsaturated/α-hetero) is 1. The van der Waals surface area contributed by atoms with Crippen molar-refractivity contribution in [3.63, 3.8) is 0 Å². The van der Waals surface area contributed by atoms with Crippen molar-refractivity contribution in [3.05, 3.63) is 0 Å². The number of methoxy groups -OCH3 is 1. The van der Waals surface area contributed by atoms with Gasteiger partial charge in [-0.1, -0.05) is 19.8 Å². The number of rotatable bonds is 3. The Morgan fingerprint density at radius 1 is 1.47 bits per heavy atom. The van der Waals surface area contributed by atoms with Gasteiger partial charge in [0.1, 0.15) is 6.61 Å². The Balaban J connectivity index is 2.62. The van der Waals surface area contributed by atoms with Crippen LogP contribution in [0.15, 0.2) is 0 Å². The van der Waals surface area contributed by atoms with Crippen molar-refractivity contribution >= 4 is 11.8 Å². The van der Waals surface area contributed by atoms with Gasteiger partial charge in [-0.2, -0.15) is 0 Å². The Hall–Kier alpha value is -1.34. The van der Waals surface area contributed by atoms with Gasteiger partial charge in [0, 0.05) is 13.0 Å². The standard InChI is InChI=1S/C11H14O4/c1-11(2)8(9(11)10(13)14)5-4-7(12)6-15-3/h8-9H,6H2,1-3H3,(H,13,14). The van der Waals surface area contributed by atoms with E-state index < -0.39 is 11.9 Å². The van der Waals surface area contributed by atoms with E-state index in [0.717, 1.165) is 0 Å². The molecular weight excluding hydrogens is 196 g/mol. The van der Waals surface area contributed by atoms with Crippen molar-refractivity contribution in [2.75, 3.05) is 13.7 Å². The number of carbonyl (C=O) groups excluding carboxylic acids is 1. The summed E-state index contributed by atoms with van der Waals surface area (Å²) in [5.41, 5.74) is -0.327. The highest BCUT2D eigenvalue weighted by Gasteiger charge is 2.61. The third-order valence-corrected chi connectivity index (χ3v) is 2.74. The maximum atomic E-state index is 11.0. The zero-order valence-electron chi connectivity index (χ0n) is 9.03. The lowest BCUT2D eigenvalue weighted by Crippen LogP contribution is -2.03. The van der Waals surface area contributed by atoms with Crippen molar-refractivity contribution in [1.82, 2.24) is 0 Å². The molecule has 82 valence electrons. The average Bonchev–Trinajstić information content (AvgIpc) is 2.65. The zero-order valence-corrected chi connectivity index (χ0v) is 9.03. The lowest BCUT2D eigenvalue weighted by atomic mass is 10.1. The van der Waals surface area contributed by atoms with Crippen LogP contribution in [0.5, 0.6) is 0 Å². The van der Waals surface area contributed by atoms with Gasteiger partial charge < -0.3 is 9.84 Å². The third kappa shape index (κ3) is 2.37. The summed E-state index contributed by atoms with van der Waals surface area (Å²) in [7, 11) is 1.42. The van der Waals surface area contributed by atoms with E-state index in [9.17, 15) is 9.59 Å². The molecule has 0 saturated heterocycles. The number of ketones is 1. The van der Waals surface area contributed by atoms with Crippen molar-refractivity contribution in [2.45, 2.75) is 13.8 Å². The van der Waals surface area contributed by atoms with E-state index in [2.05, 4.69) is 16.6 Å². The summed E-state index contributed by atoms with van der Waals surface area (Å²) < 4.78 is 4.61. The summed E-state index contributed by atoms with van der Waals surface area (Å²) in [6, 6.07) is 0. The minimum absolute atomic E-state index is 0.0438. The van der Waals surface area contributed by atoms with Gasteiger partial charge >= 0.3 is 5.97 Å². The first-order valence-electron chi connectivity index (χ1n) is 4.67. The maximum absolute atomic E-state index is 11.0. The molecule has 1 rings (SSSR count). The van der Waals surface area contributed by atoms with Crippen LogP contribution in [-0.2, 0) is 14.3 Å². The molecule has 0 radical (unpaired) electrons. The van der Waals surface area contributed by atoms with Gasteiger partial charge in [0.05, 0.1) is 5.92 Å². The van der Waals surface area contributed by atoms with Crippen LogP contribution < -0.4 is 0 Å². The number of carboxylic acids is 1. The monoisotopic (exact) mass is 210 g/mol. The van der Waals surface area contributed by atoms with Crippen LogP contribution in [0.2, 0.25) is 0 Å². The van der Waals surface area contributed by atoms with Crippen LogP contribution in [0.4, 0.5) is 0 Å². The smallest absolute Gasteiger partial charge is 0.308 e. The largest absolute Gasteiger partial charge is 0.481 e. The third-order valence-electron chi connectivity index (χ3n) is 2.74. The minimum atomic E-state index is -0.849. The molecule has 1 N–H and O–H groups in total. The lowest BCUT2D eigenvalue weighted by molar-refractivity contribution is -0.139. The molecule has 15 heavy (non-hydrogen) atoms. The Kier molecular flexibility index (Phi) is 3.15. The molecule has 4 heteroatoms. The van der Waals surface area contributed by atoms with Gasteiger partial charge in [-0.15, -0.1) is 0 Å². The Morgan fingerprint density at radius 3 is 2.47 bits per heavy atom. The number of aliphatic carboxylic acids is 1. The predicted octanol–water partition coefficient (Wildman–Crippen LogP) is 0.562.